The van der Waals surface area contributed by atoms with Gasteiger partial charge in [-0.2, -0.15) is 0 Å². The fourth-order valence-corrected chi connectivity index (χ4v) is 5.78. The molecule has 176 valence electrons. The van der Waals surface area contributed by atoms with Crippen LogP contribution < -0.4 is 4.74 Å². The van der Waals surface area contributed by atoms with Crippen molar-refractivity contribution >= 4 is 33.9 Å². The molecule has 0 spiro atoms. The summed E-state index contributed by atoms with van der Waals surface area (Å²) >= 11 is 6.70. The predicted octanol–water partition coefficient (Wildman–Crippen LogP) is 7.20. The zero-order valence-electron chi connectivity index (χ0n) is 19.3. The van der Waals surface area contributed by atoms with E-state index >= 15 is 0 Å². The number of Topliss-reactive ketones (excluding diaryl/α,β-unsaturated/α-hetero) is 2. The fourth-order valence-electron chi connectivity index (χ4n) is 5.54. The van der Waals surface area contributed by atoms with Gasteiger partial charge in [-0.25, -0.2) is 0 Å². The Bertz CT molecular complexity index is 1380. The van der Waals surface area contributed by atoms with Gasteiger partial charge in [0.2, 0.25) is 0 Å². The second-order valence-corrected chi connectivity index (χ2v) is 9.79. The standard InChI is InChI=1S/C30H25ClO4/c31-22-16-19(14-15-25(22)34-17-20-8-3-7-18-6-1-2-9-21(18)20)28-29-23(32)10-4-12-26(29)35-27-13-5-11-24(33)30(27)28/h1-3,6-9,14-16,28H,4-5,10-13,17H2. The van der Waals surface area contributed by atoms with Crippen LogP contribution in [0.25, 0.3) is 10.8 Å². The Labute approximate surface area is 209 Å². The third-order valence-corrected chi connectivity index (χ3v) is 7.49. The first-order valence-electron chi connectivity index (χ1n) is 12.2. The molecular formula is C30H25ClO4. The lowest BCUT2D eigenvalue weighted by Gasteiger charge is -2.36. The third kappa shape index (κ3) is 3.96. The zero-order valence-corrected chi connectivity index (χ0v) is 20.1. The number of hydrogen-bond acceptors (Lipinski definition) is 4. The maximum absolute atomic E-state index is 13.0. The van der Waals surface area contributed by atoms with Gasteiger partial charge in [-0.15, -0.1) is 0 Å². The molecule has 0 bridgehead atoms. The smallest absolute Gasteiger partial charge is 0.163 e. The van der Waals surface area contributed by atoms with Gasteiger partial charge in [0.25, 0.3) is 0 Å². The average molecular weight is 485 g/mol. The Hall–Kier alpha value is -3.37. The van der Waals surface area contributed by atoms with E-state index in [1.54, 1.807) is 0 Å². The van der Waals surface area contributed by atoms with Crippen molar-refractivity contribution in [3.8, 4) is 5.75 Å². The SMILES string of the molecule is O=C1CCCC2=C1C(c1ccc(OCc3cccc4ccccc34)c(Cl)c1)C1=C(CCCC1=O)O2. The van der Waals surface area contributed by atoms with E-state index in [1.807, 2.05) is 36.4 Å². The van der Waals surface area contributed by atoms with E-state index in [2.05, 4.69) is 24.3 Å². The summed E-state index contributed by atoms with van der Waals surface area (Å²) in [5.41, 5.74) is 3.18. The first kappa shape index (κ1) is 22.1. The fraction of sp³-hybridized carbons (Fsp3) is 0.267. The van der Waals surface area contributed by atoms with Crippen LogP contribution >= 0.6 is 11.6 Å². The van der Waals surface area contributed by atoms with Crippen molar-refractivity contribution in [2.24, 2.45) is 0 Å². The van der Waals surface area contributed by atoms with Gasteiger partial charge in [-0.1, -0.05) is 60.1 Å². The number of carbonyl (C=O) groups excluding carboxylic acids is 2. The molecule has 35 heavy (non-hydrogen) atoms. The van der Waals surface area contributed by atoms with Crippen LogP contribution in [0.4, 0.5) is 0 Å². The van der Waals surface area contributed by atoms with Crippen LogP contribution in [0.3, 0.4) is 0 Å². The lowest BCUT2D eigenvalue weighted by Crippen LogP contribution is -2.30. The van der Waals surface area contributed by atoms with Crippen molar-refractivity contribution in [3.63, 3.8) is 0 Å². The molecular weight excluding hydrogens is 460 g/mol. The van der Waals surface area contributed by atoms with Crippen LogP contribution in [0.15, 0.2) is 83.3 Å². The Kier molecular flexibility index (Phi) is 5.69. The number of carbonyl (C=O) groups is 2. The van der Waals surface area contributed by atoms with Gasteiger partial charge in [-0.3, -0.25) is 9.59 Å². The molecule has 3 aromatic rings. The second kappa shape index (κ2) is 9.01. The number of benzene rings is 3. The number of hydrogen-bond donors (Lipinski definition) is 0. The maximum atomic E-state index is 13.0. The van der Waals surface area contributed by atoms with Gasteiger partial charge in [0.05, 0.1) is 5.02 Å². The van der Waals surface area contributed by atoms with E-state index in [9.17, 15) is 9.59 Å². The minimum atomic E-state index is -0.418. The Morgan fingerprint density at radius 2 is 1.51 bits per heavy atom. The largest absolute Gasteiger partial charge is 0.487 e. The Morgan fingerprint density at radius 1 is 0.829 bits per heavy atom. The van der Waals surface area contributed by atoms with Gasteiger partial charge < -0.3 is 9.47 Å². The van der Waals surface area contributed by atoms with E-state index in [0.29, 0.717) is 41.4 Å². The minimum absolute atomic E-state index is 0.0635. The summed E-state index contributed by atoms with van der Waals surface area (Å²) in [6.45, 7) is 0.388. The quantitative estimate of drug-likeness (QED) is 0.393. The topological polar surface area (TPSA) is 52.6 Å². The van der Waals surface area contributed by atoms with Crippen molar-refractivity contribution in [3.05, 3.63) is 99.5 Å². The van der Waals surface area contributed by atoms with Crippen LogP contribution in [-0.2, 0) is 20.9 Å². The van der Waals surface area contributed by atoms with Gasteiger partial charge >= 0.3 is 0 Å². The Balaban J connectivity index is 1.33. The number of ether oxygens (including phenoxy) is 2. The van der Waals surface area contributed by atoms with Crippen LogP contribution in [0, 0.1) is 0 Å². The minimum Gasteiger partial charge on any atom is -0.487 e. The zero-order chi connectivity index (χ0) is 23.9. The Morgan fingerprint density at radius 3 is 2.23 bits per heavy atom. The predicted molar refractivity (Wildman–Crippen MR) is 135 cm³/mol. The van der Waals surface area contributed by atoms with Gasteiger partial charge in [-0.05, 0) is 46.9 Å². The first-order valence-corrected chi connectivity index (χ1v) is 12.6. The van der Waals surface area contributed by atoms with Crippen molar-refractivity contribution in [1.29, 1.82) is 0 Å². The normalized spacial score (nSPS) is 18.4. The summed E-state index contributed by atoms with van der Waals surface area (Å²) in [5.74, 6) is 1.74. The lowest BCUT2D eigenvalue weighted by atomic mass is 9.73. The number of halogens is 1. The molecule has 3 aromatic carbocycles. The monoisotopic (exact) mass is 484 g/mol. The molecule has 0 saturated carbocycles. The molecule has 0 aromatic heterocycles. The van der Waals surface area contributed by atoms with Crippen LogP contribution in [0.5, 0.6) is 5.75 Å². The molecule has 3 aliphatic rings. The third-order valence-electron chi connectivity index (χ3n) is 7.19. The molecule has 0 fully saturated rings. The van der Waals surface area contributed by atoms with E-state index in [-0.39, 0.29) is 11.6 Å². The summed E-state index contributed by atoms with van der Waals surface area (Å²) in [5, 5.41) is 2.78. The van der Waals surface area contributed by atoms with Gasteiger partial charge in [0, 0.05) is 42.7 Å². The van der Waals surface area contributed by atoms with Crippen molar-refractivity contribution in [2.45, 2.75) is 51.0 Å². The van der Waals surface area contributed by atoms with Gasteiger partial charge in [0.1, 0.15) is 23.9 Å². The molecule has 0 atom stereocenters. The van der Waals surface area contributed by atoms with E-state index in [4.69, 9.17) is 21.1 Å². The highest BCUT2D eigenvalue weighted by Gasteiger charge is 2.41. The van der Waals surface area contributed by atoms with Crippen LogP contribution in [-0.4, -0.2) is 11.6 Å². The van der Waals surface area contributed by atoms with Crippen LogP contribution in [0.2, 0.25) is 5.02 Å². The molecule has 4 nitrogen and oxygen atoms in total. The van der Waals surface area contributed by atoms with E-state index in [1.165, 1.54) is 0 Å². The summed E-state index contributed by atoms with van der Waals surface area (Å²) in [6.07, 6.45) is 3.97. The van der Waals surface area contributed by atoms with Gasteiger partial charge in [0.15, 0.2) is 11.6 Å². The summed E-state index contributed by atoms with van der Waals surface area (Å²) in [7, 11) is 0. The summed E-state index contributed by atoms with van der Waals surface area (Å²) in [6, 6.07) is 20.0. The molecule has 0 radical (unpaired) electrons. The number of rotatable bonds is 4. The molecule has 0 unspecified atom stereocenters. The van der Waals surface area contributed by atoms with E-state index in [0.717, 1.165) is 59.1 Å². The molecule has 1 aliphatic heterocycles. The highest BCUT2D eigenvalue weighted by Crippen LogP contribution is 2.48. The lowest BCUT2D eigenvalue weighted by molar-refractivity contribution is -0.117. The van der Waals surface area contributed by atoms with Crippen molar-refractivity contribution in [2.75, 3.05) is 0 Å². The summed E-state index contributed by atoms with van der Waals surface area (Å²) < 4.78 is 12.2. The highest BCUT2D eigenvalue weighted by molar-refractivity contribution is 6.32. The summed E-state index contributed by atoms with van der Waals surface area (Å²) in [4.78, 5) is 26.0. The highest BCUT2D eigenvalue weighted by atomic mass is 35.5. The molecule has 5 heteroatoms. The molecule has 0 saturated heterocycles. The van der Waals surface area contributed by atoms with Crippen molar-refractivity contribution < 1.29 is 19.1 Å². The average Bonchev–Trinajstić information content (AvgIpc) is 2.87. The number of fused-ring (bicyclic) bond motifs is 1. The molecule has 0 amide bonds. The number of ketones is 2. The van der Waals surface area contributed by atoms with E-state index < -0.39 is 5.92 Å². The molecule has 2 aliphatic carbocycles. The maximum Gasteiger partial charge on any atom is 0.163 e. The van der Waals surface area contributed by atoms with Crippen molar-refractivity contribution in [1.82, 2.24) is 0 Å². The molecule has 0 N–H and O–H groups in total. The number of allylic oxidation sites excluding steroid dienone is 4. The first-order chi connectivity index (χ1) is 17.1. The second-order valence-electron chi connectivity index (χ2n) is 9.38. The van der Waals surface area contributed by atoms with Crippen LogP contribution in [0.1, 0.15) is 55.6 Å². The molecule has 6 rings (SSSR count). The molecule has 1 heterocycles.